The molecular formula is C15H24N2O3S. The van der Waals surface area contributed by atoms with E-state index < -0.39 is 10.0 Å². The van der Waals surface area contributed by atoms with Gasteiger partial charge < -0.3 is 4.90 Å². The lowest BCUT2D eigenvalue weighted by Gasteiger charge is -2.17. The molecule has 1 N–H and O–H groups in total. The Bertz CT molecular complexity index is 553. The lowest BCUT2D eigenvalue weighted by Crippen LogP contribution is -2.38. The molecule has 1 amide bonds. The molecule has 6 heteroatoms. The van der Waals surface area contributed by atoms with Crippen LogP contribution in [-0.2, 0) is 21.2 Å². The van der Waals surface area contributed by atoms with Crippen LogP contribution in [0.25, 0.3) is 0 Å². The van der Waals surface area contributed by atoms with Gasteiger partial charge in [-0.05, 0) is 30.5 Å². The van der Waals surface area contributed by atoms with Crippen molar-refractivity contribution < 1.29 is 13.2 Å². The van der Waals surface area contributed by atoms with E-state index in [1.165, 1.54) is 0 Å². The number of likely N-dealkylation sites (N-methyl/N-ethyl adjacent to an activating group) is 1. The first kappa shape index (κ1) is 17.7. The number of aryl methyl sites for hydroxylation is 1. The number of amides is 1. The minimum Gasteiger partial charge on any atom is -0.345 e. The summed E-state index contributed by atoms with van der Waals surface area (Å²) in [6.07, 6.45) is 2.76. The lowest BCUT2D eigenvalue weighted by molar-refractivity contribution is -0.128. The van der Waals surface area contributed by atoms with Crippen LogP contribution < -0.4 is 4.72 Å². The van der Waals surface area contributed by atoms with Gasteiger partial charge in [0.1, 0.15) is 0 Å². The van der Waals surface area contributed by atoms with Crippen molar-refractivity contribution in [3.63, 3.8) is 0 Å². The summed E-state index contributed by atoms with van der Waals surface area (Å²) in [5.41, 5.74) is 1.07. The van der Waals surface area contributed by atoms with Gasteiger partial charge in [-0.3, -0.25) is 4.79 Å². The van der Waals surface area contributed by atoms with Crippen molar-refractivity contribution in [2.24, 2.45) is 0 Å². The number of nitrogens with one attached hydrogen (secondary N) is 1. The van der Waals surface area contributed by atoms with Gasteiger partial charge in [0.15, 0.2) is 0 Å². The van der Waals surface area contributed by atoms with Gasteiger partial charge in [-0.25, -0.2) is 13.1 Å². The summed E-state index contributed by atoms with van der Waals surface area (Å²) in [6.45, 7) is 4.48. The lowest BCUT2D eigenvalue weighted by atomic mass is 10.2. The van der Waals surface area contributed by atoms with Gasteiger partial charge in [-0.2, -0.15) is 0 Å². The third kappa shape index (κ3) is 5.47. The Morgan fingerprint density at radius 2 is 1.81 bits per heavy atom. The normalized spacial score (nSPS) is 11.4. The highest BCUT2D eigenvalue weighted by atomic mass is 32.2. The van der Waals surface area contributed by atoms with Gasteiger partial charge in [0, 0.05) is 13.6 Å². The number of carbonyl (C=O) groups excluding carboxylic acids is 1. The molecule has 0 aliphatic heterocycles. The van der Waals surface area contributed by atoms with Crippen LogP contribution in [0.5, 0.6) is 0 Å². The predicted molar refractivity (Wildman–Crippen MR) is 83.6 cm³/mol. The Hall–Kier alpha value is -1.40. The van der Waals surface area contributed by atoms with Crippen LogP contribution in [0.4, 0.5) is 0 Å². The van der Waals surface area contributed by atoms with E-state index in [4.69, 9.17) is 0 Å². The molecule has 0 aliphatic carbocycles. The van der Waals surface area contributed by atoms with Crippen LogP contribution in [0.15, 0.2) is 29.2 Å². The molecule has 118 valence electrons. The third-order valence-corrected chi connectivity index (χ3v) is 4.75. The molecule has 0 spiro atoms. The van der Waals surface area contributed by atoms with Crippen molar-refractivity contribution in [1.29, 1.82) is 0 Å². The number of rotatable bonds is 8. The van der Waals surface area contributed by atoms with Gasteiger partial charge in [-0.15, -0.1) is 0 Å². The van der Waals surface area contributed by atoms with Crippen molar-refractivity contribution in [3.8, 4) is 0 Å². The van der Waals surface area contributed by atoms with E-state index in [1.54, 1.807) is 36.2 Å². The van der Waals surface area contributed by atoms with Crippen LogP contribution in [0, 0.1) is 0 Å². The molecule has 0 aliphatic rings. The fourth-order valence-corrected chi connectivity index (χ4v) is 2.77. The fraction of sp³-hybridized carbons (Fsp3) is 0.533. The van der Waals surface area contributed by atoms with Gasteiger partial charge in [0.25, 0.3) is 0 Å². The van der Waals surface area contributed by atoms with Crippen molar-refractivity contribution in [2.45, 2.75) is 38.0 Å². The molecule has 0 bridgehead atoms. The second-order valence-electron chi connectivity index (χ2n) is 4.99. The molecule has 0 atom stereocenters. The first-order valence-electron chi connectivity index (χ1n) is 7.23. The SMILES string of the molecule is CCCCN(C)C(=O)CNS(=O)(=O)c1ccc(CC)cc1. The maximum atomic E-state index is 12.1. The largest absolute Gasteiger partial charge is 0.345 e. The number of hydrogen-bond donors (Lipinski definition) is 1. The average Bonchev–Trinajstić information content (AvgIpc) is 2.50. The molecular weight excluding hydrogens is 288 g/mol. The van der Waals surface area contributed by atoms with Crippen LogP contribution >= 0.6 is 0 Å². The standard InChI is InChI=1S/C15H24N2O3S/c1-4-6-11-17(3)15(18)12-16-21(19,20)14-9-7-13(5-2)8-10-14/h7-10,16H,4-6,11-12H2,1-3H3. The maximum absolute atomic E-state index is 12.1. The van der Waals surface area contributed by atoms with Crippen molar-refractivity contribution in [3.05, 3.63) is 29.8 Å². The molecule has 0 fully saturated rings. The number of hydrogen-bond acceptors (Lipinski definition) is 3. The highest BCUT2D eigenvalue weighted by Crippen LogP contribution is 2.10. The summed E-state index contributed by atoms with van der Waals surface area (Å²) in [5.74, 6) is -0.225. The first-order chi connectivity index (χ1) is 9.90. The van der Waals surface area contributed by atoms with Crippen LogP contribution in [-0.4, -0.2) is 39.4 Å². The first-order valence-corrected chi connectivity index (χ1v) is 8.71. The van der Waals surface area contributed by atoms with Crippen LogP contribution in [0.1, 0.15) is 32.3 Å². The minimum absolute atomic E-state index is 0.184. The van der Waals surface area contributed by atoms with Crippen molar-refractivity contribution in [1.82, 2.24) is 9.62 Å². The molecule has 5 nitrogen and oxygen atoms in total. The highest BCUT2D eigenvalue weighted by molar-refractivity contribution is 7.89. The zero-order valence-electron chi connectivity index (χ0n) is 12.9. The predicted octanol–water partition coefficient (Wildman–Crippen LogP) is 1.79. The van der Waals surface area contributed by atoms with E-state index in [0.29, 0.717) is 6.54 Å². The molecule has 0 unspecified atom stereocenters. The smallest absolute Gasteiger partial charge is 0.241 e. The summed E-state index contributed by atoms with van der Waals surface area (Å²) in [4.78, 5) is 13.6. The zero-order chi connectivity index (χ0) is 15.9. The molecule has 0 heterocycles. The minimum atomic E-state index is -3.63. The zero-order valence-corrected chi connectivity index (χ0v) is 13.7. The maximum Gasteiger partial charge on any atom is 0.241 e. The fourth-order valence-electron chi connectivity index (χ4n) is 1.80. The average molecular weight is 312 g/mol. The molecule has 0 saturated carbocycles. The van der Waals surface area contributed by atoms with Gasteiger partial charge >= 0.3 is 0 Å². The Kier molecular flexibility index (Phi) is 6.84. The highest BCUT2D eigenvalue weighted by Gasteiger charge is 2.16. The molecule has 0 radical (unpaired) electrons. The molecule has 21 heavy (non-hydrogen) atoms. The second kappa shape index (κ2) is 8.14. The van der Waals surface area contributed by atoms with Crippen molar-refractivity contribution >= 4 is 15.9 Å². The van der Waals surface area contributed by atoms with E-state index in [2.05, 4.69) is 4.72 Å². The number of sulfonamides is 1. The number of carbonyl (C=O) groups is 1. The molecule has 0 saturated heterocycles. The van der Waals surface area contributed by atoms with E-state index in [-0.39, 0.29) is 17.3 Å². The Labute approximate surface area is 127 Å². The number of nitrogens with zero attached hydrogens (tertiary/aromatic N) is 1. The quantitative estimate of drug-likeness (QED) is 0.796. The summed E-state index contributed by atoms with van der Waals surface area (Å²) < 4.78 is 26.5. The second-order valence-corrected chi connectivity index (χ2v) is 6.76. The molecule has 0 aromatic heterocycles. The van der Waals surface area contributed by atoms with Gasteiger partial charge in [-0.1, -0.05) is 32.4 Å². The number of unbranched alkanes of at least 4 members (excludes halogenated alkanes) is 1. The molecule has 1 rings (SSSR count). The monoisotopic (exact) mass is 312 g/mol. The van der Waals surface area contributed by atoms with E-state index in [9.17, 15) is 13.2 Å². The van der Waals surface area contributed by atoms with Crippen LogP contribution in [0.3, 0.4) is 0 Å². The Morgan fingerprint density at radius 3 is 2.33 bits per heavy atom. The van der Waals surface area contributed by atoms with Gasteiger partial charge in [0.2, 0.25) is 15.9 Å². The summed E-state index contributed by atoms with van der Waals surface area (Å²) in [6, 6.07) is 6.69. The van der Waals surface area contributed by atoms with Crippen LogP contribution in [0.2, 0.25) is 0 Å². The summed E-state index contributed by atoms with van der Waals surface area (Å²) >= 11 is 0. The van der Waals surface area contributed by atoms with E-state index >= 15 is 0 Å². The van der Waals surface area contributed by atoms with Gasteiger partial charge in [0.05, 0.1) is 11.4 Å². The summed E-state index contributed by atoms with van der Waals surface area (Å²) in [7, 11) is -1.95. The number of benzene rings is 1. The van der Waals surface area contributed by atoms with E-state index in [0.717, 1.165) is 24.8 Å². The summed E-state index contributed by atoms with van der Waals surface area (Å²) in [5, 5.41) is 0. The third-order valence-electron chi connectivity index (χ3n) is 3.33. The Balaban J connectivity index is 2.61. The molecule has 1 aromatic rings. The van der Waals surface area contributed by atoms with Crippen molar-refractivity contribution in [2.75, 3.05) is 20.1 Å². The topological polar surface area (TPSA) is 66.5 Å². The van der Waals surface area contributed by atoms with E-state index in [1.807, 2.05) is 13.8 Å². The molecule has 1 aromatic carbocycles. The Morgan fingerprint density at radius 1 is 1.19 bits per heavy atom.